The van der Waals surface area contributed by atoms with E-state index in [1.54, 1.807) is 30.3 Å². The molecular formula is C19H16N4O4S. The Morgan fingerprint density at radius 2 is 1.96 bits per heavy atom. The molecule has 0 saturated carbocycles. The Labute approximate surface area is 164 Å². The van der Waals surface area contributed by atoms with E-state index in [-0.39, 0.29) is 21.6 Å². The van der Waals surface area contributed by atoms with Crippen LogP contribution >= 0.6 is 12.2 Å². The highest BCUT2D eigenvalue weighted by Gasteiger charge is 2.13. The summed E-state index contributed by atoms with van der Waals surface area (Å²) in [5.74, 6) is -1.29. The van der Waals surface area contributed by atoms with Crippen molar-refractivity contribution in [1.82, 2.24) is 15.0 Å². The number of aromatic nitrogens is 2. The Bertz CT molecular complexity index is 1200. The monoisotopic (exact) mass is 396 g/mol. The second kappa shape index (κ2) is 7.89. The van der Waals surface area contributed by atoms with E-state index in [1.165, 1.54) is 16.7 Å². The number of aromatic amines is 1. The molecule has 0 atom stereocenters. The molecule has 0 aliphatic carbocycles. The van der Waals surface area contributed by atoms with Gasteiger partial charge in [0.15, 0.2) is 4.77 Å². The first-order chi connectivity index (χ1) is 13.4. The molecule has 28 heavy (non-hydrogen) atoms. The minimum atomic E-state index is -0.670. The van der Waals surface area contributed by atoms with Crippen molar-refractivity contribution in [2.45, 2.75) is 6.92 Å². The molecule has 0 radical (unpaired) electrons. The van der Waals surface area contributed by atoms with Gasteiger partial charge in [-0.3, -0.25) is 19.1 Å². The van der Waals surface area contributed by atoms with E-state index in [0.29, 0.717) is 5.69 Å². The number of hydrogen-bond donors (Lipinski definition) is 4. The lowest BCUT2D eigenvalue weighted by molar-refractivity contribution is 0.0952. The van der Waals surface area contributed by atoms with Crippen LogP contribution in [0.1, 0.15) is 21.5 Å². The van der Waals surface area contributed by atoms with Gasteiger partial charge in [0, 0.05) is 0 Å². The molecule has 0 unspecified atom stereocenters. The van der Waals surface area contributed by atoms with E-state index in [2.05, 4.69) is 15.5 Å². The third kappa shape index (κ3) is 3.84. The number of nitrogens with one attached hydrogen (secondary N) is 2. The SMILES string of the molecule is Cc1cccc(-n2c(O)c(C=NNC(=O)c3ccccc3O)c(=O)[nH]c2=S)c1. The fourth-order valence-electron chi connectivity index (χ4n) is 2.54. The van der Waals surface area contributed by atoms with Crippen LogP contribution in [0, 0.1) is 11.7 Å². The van der Waals surface area contributed by atoms with Crippen molar-refractivity contribution in [3.05, 3.63) is 80.3 Å². The first-order valence-electron chi connectivity index (χ1n) is 8.15. The highest BCUT2D eigenvalue weighted by molar-refractivity contribution is 7.71. The van der Waals surface area contributed by atoms with Gasteiger partial charge in [-0.05, 0) is 49.0 Å². The Hall–Kier alpha value is -3.72. The van der Waals surface area contributed by atoms with Gasteiger partial charge in [-0.2, -0.15) is 5.10 Å². The van der Waals surface area contributed by atoms with Gasteiger partial charge in [-0.1, -0.05) is 24.3 Å². The zero-order valence-electron chi connectivity index (χ0n) is 14.7. The van der Waals surface area contributed by atoms with Crippen LogP contribution in [0.3, 0.4) is 0 Å². The number of H-pyrrole nitrogens is 1. The second-order valence-electron chi connectivity index (χ2n) is 5.89. The molecule has 0 aliphatic rings. The quantitative estimate of drug-likeness (QED) is 0.307. The van der Waals surface area contributed by atoms with Gasteiger partial charge in [-0.25, -0.2) is 5.43 Å². The maximum absolute atomic E-state index is 12.2. The molecule has 1 heterocycles. The standard InChI is InChI=1S/C19H16N4O4S/c1-11-5-4-6-12(9-11)23-18(27)14(16(25)21-19(23)28)10-20-22-17(26)13-7-2-3-8-15(13)24/h2-10,24,27H,1H3,(H,22,26)(H,21,25,28). The number of benzene rings is 2. The van der Waals surface area contributed by atoms with Crippen molar-refractivity contribution in [3.8, 4) is 17.3 Å². The highest BCUT2D eigenvalue weighted by atomic mass is 32.1. The van der Waals surface area contributed by atoms with Crippen LogP contribution in [0.15, 0.2) is 58.4 Å². The largest absolute Gasteiger partial charge is 0.507 e. The average Bonchev–Trinajstić information content (AvgIpc) is 2.64. The van der Waals surface area contributed by atoms with Crippen molar-refractivity contribution in [1.29, 1.82) is 0 Å². The molecule has 0 spiro atoms. The number of nitrogens with zero attached hydrogens (tertiary/aromatic N) is 2. The lowest BCUT2D eigenvalue weighted by Crippen LogP contribution is -2.21. The molecule has 142 valence electrons. The molecular weight excluding hydrogens is 380 g/mol. The summed E-state index contributed by atoms with van der Waals surface area (Å²) < 4.78 is 1.30. The molecule has 3 aromatic rings. The van der Waals surface area contributed by atoms with Crippen molar-refractivity contribution in [2.24, 2.45) is 5.10 Å². The summed E-state index contributed by atoms with van der Waals surface area (Å²) in [5.41, 5.74) is 2.87. The molecule has 2 aromatic carbocycles. The molecule has 8 nitrogen and oxygen atoms in total. The number of phenolic OH excluding ortho intramolecular Hbond substituents is 1. The van der Waals surface area contributed by atoms with Crippen molar-refractivity contribution < 1.29 is 15.0 Å². The van der Waals surface area contributed by atoms with Crippen LogP contribution in [0.2, 0.25) is 0 Å². The highest BCUT2D eigenvalue weighted by Crippen LogP contribution is 2.19. The average molecular weight is 396 g/mol. The first-order valence-corrected chi connectivity index (χ1v) is 8.56. The summed E-state index contributed by atoms with van der Waals surface area (Å²) in [6.45, 7) is 1.88. The van der Waals surface area contributed by atoms with Crippen LogP contribution in [0.4, 0.5) is 0 Å². The summed E-state index contributed by atoms with van der Waals surface area (Å²) in [6, 6.07) is 13.1. The summed E-state index contributed by atoms with van der Waals surface area (Å²) in [7, 11) is 0. The van der Waals surface area contributed by atoms with Gasteiger partial charge in [0.05, 0.1) is 17.5 Å². The third-order valence-corrected chi connectivity index (χ3v) is 4.17. The maximum Gasteiger partial charge on any atom is 0.275 e. The number of carbonyl (C=O) groups is 1. The number of para-hydroxylation sites is 1. The van der Waals surface area contributed by atoms with Crippen LogP contribution in [-0.2, 0) is 0 Å². The van der Waals surface area contributed by atoms with Crippen LogP contribution < -0.4 is 11.0 Å². The molecule has 3 rings (SSSR count). The minimum absolute atomic E-state index is 0.0171. The first kappa shape index (κ1) is 19.1. The molecule has 0 fully saturated rings. The van der Waals surface area contributed by atoms with Crippen molar-refractivity contribution in [2.75, 3.05) is 0 Å². The topological polar surface area (TPSA) is 120 Å². The number of rotatable bonds is 4. The van der Waals surface area contributed by atoms with E-state index in [9.17, 15) is 19.8 Å². The predicted molar refractivity (Wildman–Crippen MR) is 107 cm³/mol. The Morgan fingerprint density at radius 1 is 1.21 bits per heavy atom. The predicted octanol–water partition coefficient (Wildman–Crippen LogP) is 2.38. The number of phenols is 1. The number of aromatic hydroxyl groups is 2. The van der Waals surface area contributed by atoms with Gasteiger partial charge < -0.3 is 10.2 Å². The molecule has 0 bridgehead atoms. The number of carbonyl (C=O) groups excluding carboxylic acids is 1. The number of hydrogen-bond acceptors (Lipinski definition) is 6. The Morgan fingerprint density at radius 3 is 2.68 bits per heavy atom. The van der Waals surface area contributed by atoms with Crippen molar-refractivity contribution in [3.63, 3.8) is 0 Å². The van der Waals surface area contributed by atoms with Crippen LogP contribution in [-0.4, -0.2) is 31.9 Å². The van der Waals surface area contributed by atoms with E-state index < -0.39 is 17.3 Å². The smallest absolute Gasteiger partial charge is 0.275 e. The fourth-order valence-corrected chi connectivity index (χ4v) is 2.83. The summed E-state index contributed by atoms with van der Waals surface area (Å²) >= 11 is 5.15. The molecule has 1 amide bonds. The Kier molecular flexibility index (Phi) is 5.37. The van der Waals surface area contributed by atoms with Crippen LogP contribution in [0.25, 0.3) is 5.69 Å². The normalized spacial score (nSPS) is 10.9. The van der Waals surface area contributed by atoms with E-state index >= 15 is 0 Å². The molecule has 0 aliphatic heterocycles. The zero-order chi connectivity index (χ0) is 20.3. The van der Waals surface area contributed by atoms with Gasteiger partial charge in [0.1, 0.15) is 11.3 Å². The minimum Gasteiger partial charge on any atom is -0.507 e. The van der Waals surface area contributed by atoms with Gasteiger partial charge in [-0.15, -0.1) is 0 Å². The summed E-state index contributed by atoms with van der Waals surface area (Å²) in [5, 5.41) is 23.9. The van der Waals surface area contributed by atoms with Gasteiger partial charge >= 0.3 is 0 Å². The number of aryl methyl sites for hydroxylation is 1. The second-order valence-corrected chi connectivity index (χ2v) is 6.27. The lowest BCUT2D eigenvalue weighted by atomic mass is 10.2. The molecule has 9 heteroatoms. The maximum atomic E-state index is 12.2. The van der Waals surface area contributed by atoms with Crippen LogP contribution in [0.5, 0.6) is 11.6 Å². The Balaban J connectivity index is 1.94. The number of amides is 1. The molecule has 4 N–H and O–H groups in total. The molecule has 1 aromatic heterocycles. The van der Waals surface area contributed by atoms with E-state index in [0.717, 1.165) is 11.8 Å². The summed E-state index contributed by atoms with van der Waals surface area (Å²) in [6.07, 6.45) is 1.01. The summed E-state index contributed by atoms with van der Waals surface area (Å²) in [4.78, 5) is 26.7. The molecule has 0 saturated heterocycles. The zero-order valence-corrected chi connectivity index (χ0v) is 15.5. The van der Waals surface area contributed by atoms with E-state index in [4.69, 9.17) is 12.2 Å². The van der Waals surface area contributed by atoms with Gasteiger partial charge in [0.2, 0.25) is 5.88 Å². The third-order valence-electron chi connectivity index (χ3n) is 3.89. The van der Waals surface area contributed by atoms with Crippen molar-refractivity contribution >= 4 is 24.3 Å². The number of hydrazone groups is 1. The van der Waals surface area contributed by atoms with E-state index in [1.807, 2.05) is 13.0 Å². The van der Waals surface area contributed by atoms with Gasteiger partial charge in [0.25, 0.3) is 11.5 Å². The fraction of sp³-hybridized carbons (Fsp3) is 0.0526. The lowest BCUT2D eigenvalue weighted by Gasteiger charge is -2.11.